The Labute approximate surface area is 132 Å². The molecule has 112 valence electrons. The number of hydrogen-bond acceptors (Lipinski definition) is 2. The van der Waals surface area contributed by atoms with Crippen molar-refractivity contribution >= 4 is 11.6 Å². The van der Waals surface area contributed by atoms with E-state index >= 15 is 0 Å². The average Bonchev–Trinajstić information content (AvgIpc) is 2.47. The molecule has 0 saturated heterocycles. The van der Waals surface area contributed by atoms with Gasteiger partial charge < -0.3 is 10.1 Å². The summed E-state index contributed by atoms with van der Waals surface area (Å²) in [5.74, 6) is 1.64. The molecule has 0 saturated carbocycles. The van der Waals surface area contributed by atoms with Crippen LogP contribution in [-0.2, 0) is 13.0 Å². The minimum Gasteiger partial charge on any atom is -0.457 e. The molecule has 0 aromatic heterocycles. The molecule has 0 heterocycles. The molecule has 2 aromatic carbocycles. The monoisotopic (exact) mass is 303 g/mol. The lowest BCUT2D eigenvalue weighted by atomic mass is 10.1. The van der Waals surface area contributed by atoms with Crippen molar-refractivity contribution in [2.45, 2.75) is 39.8 Å². The van der Waals surface area contributed by atoms with Crippen molar-refractivity contribution in [2.24, 2.45) is 0 Å². The van der Waals surface area contributed by atoms with Crippen molar-refractivity contribution in [1.82, 2.24) is 5.32 Å². The third-order valence-electron chi connectivity index (χ3n) is 3.32. The standard InChI is InChI=1S/C18H22ClNO/c1-4-14-8-10-15(11-9-14)21-18-7-5-6-17(19)16(18)12-20-13(2)3/h5-11,13,20H,4,12H2,1-3H3. The van der Waals surface area contributed by atoms with E-state index in [-0.39, 0.29) is 0 Å². The van der Waals surface area contributed by atoms with Crippen LogP contribution in [0.25, 0.3) is 0 Å². The van der Waals surface area contributed by atoms with Gasteiger partial charge >= 0.3 is 0 Å². The third kappa shape index (κ3) is 4.48. The van der Waals surface area contributed by atoms with Gasteiger partial charge in [-0.15, -0.1) is 0 Å². The Morgan fingerprint density at radius 2 is 1.81 bits per heavy atom. The zero-order valence-electron chi connectivity index (χ0n) is 12.8. The molecule has 0 radical (unpaired) electrons. The molecule has 0 bridgehead atoms. The fourth-order valence-electron chi connectivity index (χ4n) is 2.03. The quantitative estimate of drug-likeness (QED) is 0.792. The van der Waals surface area contributed by atoms with Gasteiger partial charge in [0.15, 0.2) is 0 Å². The van der Waals surface area contributed by atoms with E-state index in [0.717, 1.165) is 28.5 Å². The highest BCUT2D eigenvalue weighted by atomic mass is 35.5. The molecule has 21 heavy (non-hydrogen) atoms. The summed E-state index contributed by atoms with van der Waals surface area (Å²) in [6, 6.07) is 14.3. The second-order valence-electron chi connectivity index (χ2n) is 5.35. The molecular formula is C18H22ClNO. The second-order valence-corrected chi connectivity index (χ2v) is 5.76. The van der Waals surface area contributed by atoms with E-state index in [0.29, 0.717) is 12.6 Å². The van der Waals surface area contributed by atoms with Crippen LogP contribution in [0.5, 0.6) is 11.5 Å². The van der Waals surface area contributed by atoms with Crippen molar-refractivity contribution in [3.05, 3.63) is 58.6 Å². The van der Waals surface area contributed by atoms with Crippen LogP contribution in [0.4, 0.5) is 0 Å². The van der Waals surface area contributed by atoms with Gasteiger partial charge in [-0.05, 0) is 36.2 Å². The van der Waals surface area contributed by atoms with Gasteiger partial charge in [0.1, 0.15) is 11.5 Å². The van der Waals surface area contributed by atoms with E-state index < -0.39 is 0 Å². The zero-order valence-corrected chi connectivity index (χ0v) is 13.6. The summed E-state index contributed by atoms with van der Waals surface area (Å²) in [6.07, 6.45) is 1.03. The van der Waals surface area contributed by atoms with Crippen molar-refractivity contribution in [2.75, 3.05) is 0 Å². The highest BCUT2D eigenvalue weighted by molar-refractivity contribution is 6.31. The molecule has 3 heteroatoms. The molecule has 2 nitrogen and oxygen atoms in total. The molecule has 0 amide bonds. The normalized spacial score (nSPS) is 10.9. The number of benzene rings is 2. The number of hydrogen-bond donors (Lipinski definition) is 1. The Balaban J connectivity index is 2.19. The molecule has 0 fully saturated rings. The largest absolute Gasteiger partial charge is 0.457 e. The summed E-state index contributed by atoms with van der Waals surface area (Å²) in [7, 11) is 0. The predicted molar refractivity (Wildman–Crippen MR) is 89.3 cm³/mol. The average molecular weight is 304 g/mol. The van der Waals surface area contributed by atoms with Crippen molar-refractivity contribution in [3.8, 4) is 11.5 Å². The van der Waals surface area contributed by atoms with Gasteiger partial charge in [-0.25, -0.2) is 0 Å². The van der Waals surface area contributed by atoms with Crippen LogP contribution < -0.4 is 10.1 Å². The van der Waals surface area contributed by atoms with Gasteiger partial charge in [-0.2, -0.15) is 0 Å². The van der Waals surface area contributed by atoms with Gasteiger partial charge in [-0.1, -0.05) is 50.6 Å². The van der Waals surface area contributed by atoms with E-state index in [1.54, 1.807) is 0 Å². The van der Waals surface area contributed by atoms with Crippen LogP contribution in [0.15, 0.2) is 42.5 Å². The first-order valence-corrected chi connectivity index (χ1v) is 7.75. The summed E-state index contributed by atoms with van der Waals surface area (Å²) < 4.78 is 6.00. The maximum atomic E-state index is 6.31. The van der Waals surface area contributed by atoms with Crippen LogP contribution in [-0.4, -0.2) is 6.04 Å². The van der Waals surface area contributed by atoms with Crippen molar-refractivity contribution in [3.63, 3.8) is 0 Å². The molecule has 0 spiro atoms. The first kappa shape index (κ1) is 15.9. The van der Waals surface area contributed by atoms with Crippen molar-refractivity contribution in [1.29, 1.82) is 0 Å². The van der Waals surface area contributed by atoms with Crippen LogP contribution >= 0.6 is 11.6 Å². The predicted octanol–water partition coefficient (Wildman–Crippen LogP) is 5.19. The fraction of sp³-hybridized carbons (Fsp3) is 0.333. The summed E-state index contributed by atoms with van der Waals surface area (Å²) in [6.45, 7) is 7.06. The third-order valence-corrected chi connectivity index (χ3v) is 3.68. The highest BCUT2D eigenvalue weighted by Crippen LogP contribution is 2.30. The molecule has 0 aliphatic carbocycles. The number of nitrogens with one attached hydrogen (secondary N) is 1. The summed E-state index contributed by atoms with van der Waals surface area (Å²) >= 11 is 6.31. The second kappa shape index (κ2) is 7.48. The van der Waals surface area contributed by atoms with Gasteiger partial charge in [0.05, 0.1) is 0 Å². The molecule has 2 aromatic rings. The Hall–Kier alpha value is -1.51. The first-order valence-electron chi connectivity index (χ1n) is 7.37. The highest BCUT2D eigenvalue weighted by Gasteiger charge is 2.09. The van der Waals surface area contributed by atoms with Crippen LogP contribution in [0.3, 0.4) is 0 Å². The van der Waals surface area contributed by atoms with E-state index in [4.69, 9.17) is 16.3 Å². The van der Waals surface area contributed by atoms with E-state index in [1.807, 2.05) is 30.3 Å². The number of halogens is 1. The SMILES string of the molecule is CCc1ccc(Oc2cccc(Cl)c2CNC(C)C)cc1. The lowest BCUT2D eigenvalue weighted by Gasteiger charge is -2.15. The fourth-order valence-corrected chi connectivity index (χ4v) is 2.27. The summed E-state index contributed by atoms with van der Waals surface area (Å²) in [5, 5.41) is 4.11. The lowest BCUT2D eigenvalue weighted by molar-refractivity contribution is 0.469. The van der Waals surface area contributed by atoms with Gasteiger partial charge in [0.25, 0.3) is 0 Å². The minimum atomic E-state index is 0.401. The van der Waals surface area contributed by atoms with Gasteiger partial charge in [0, 0.05) is 23.2 Å². The molecular weight excluding hydrogens is 282 g/mol. The Morgan fingerprint density at radius 3 is 2.43 bits per heavy atom. The zero-order chi connectivity index (χ0) is 15.2. The molecule has 1 N–H and O–H groups in total. The van der Waals surface area contributed by atoms with E-state index in [2.05, 4.69) is 38.2 Å². The molecule has 2 rings (SSSR count). The van der Waals surface area contributed by atoms with Crippen LogP contribution in [0.1, 0.15) is 31.9 Å². The first-order chi connectivity index (χ1) is 10.1. The number of aryl methyl sites for hydroxylation is 1. The molecule has 0 atom stereocenters. The maximum absolute atomic E-state index is 6.31. The molecule has 0 aliphatic heterocycles. The summed E-state index contributed by atoms with van der Waals surface area (Å²) in [4.78, 5) is 0. The smallest absolute Gasteiger partial charge is 0.133 e. The van der Waals surface area contributed by atoms with Gasteiger partial charge in [0.2, 0.25) is 0 Å². The Bertz CT molecular complexity index is 578. The topological polar surface area (TPSA) is 21.3 Å². The summed E-state index contributed by atoms with van der Waals surface area (Å²) in [5.41, 5.74) is 2.29. The van der Waals surface area contributed by atoms with E-state index in [9.17, 15) is 0 Å². The van der Waals surface area contributed by atoms with Crippen LogP contribution in [0.2, 0.25) is 5.02 Å². The number of ether oxygens (including phenoxy) is 1. The van der Waals surface area contributed by atoms with Crippen LogP contribution in [0, 0.1) is 0 Å². The minimum absolute atomic E-state index is 0.401. The van der Waals surface area contributed by atoms with E-state index in [1.165, 1.54) is 5.56 Å². The molecule has 0 unspecified atom stereocenters. The van der Waals surface area contributed by atoms with Gasteiger partial charge in [-0.3, -0.25) is 0 Å². The Kier molecular flexibility index (Phi) is 5.66. The number of rotatable bonds is 6. The maximum Gasteiger partial charge on any atom is 0.133 e. The molecule has 0 aliphatic rings. The van der Waals surface area contributed by atoms with Crippen molar-refractivity contribution < 1.29 is 4.74 Å². The Morgan fingerprint density at radius 1 is 1.10 bits per heavy atom. The lowest BCUT2D eigenvalue weighted by Crippen LogP contribution is -2.22.